The van der Waals surface area contributed by atoms with Gasteiger partial charge < -0.3 is 9.88 Å². The number of nitrogens with zero attached hydrogens (tertiary/aromatic N) is 1. The molecule has 0 aliphatic carbocycles. The second-order valence-electron chi connectivity index (χ2n) is 3.99. The van der Waals surface area contributed by atoms with Crippen LogP contribution in [0.4, 0.5) is 0 Å². The molecule has 2 rings (SSSR count). The monoisotopic (exact) mass is 202 g/mol. The summed E-state index contributed by atoms with van der Waals surface area (Å²) in [6.45, 7) is 1.08. The lowest BCUT2D eigenvalue weighted by atomic mass is 10.1. The van der Waals surface area contributed by atoms with Gasteiger partial charge in [-0.15, -0.1) is 0 Å². The quantitative estimate of drug-likeness (QED) is 0.753. The fourth-order valence-electron chi connectivity index (χ4n) is 2.10. The van der Waals surface area contributed by atoms with Crippen LogP contribution in [0.3, 0.4) is 0 Å². The van der Waals surface area contributed by atoms with Gasteiger partial charge in [-0.1, -0.05) is 18.2 Å². The van der Waals surface area contributed by atoms with E-state index in [2.05, 4.69) is 47.4 Å². The highest BCUT2D eigenvalue weighted by Gasteiger charge is 2.03. The van der Waals surface area contributed by atoms with Crippen molar-refractivity contribution in [3.63, 3.8) is 0 Å². The number of nitrogens with one attached hydrogen (secondary N) is 1. The smallest absolute Gasteiger partial charge is 0.0510 e. The number of aryl methyl sites for hydroxylation is 2. The SMILES string of the molecule is CNCCCc1cccc2ccn(C)c12. The van der Waals surface area contributed by atoms with E-state index in [-0.39, 0.29) is 0 Å². The number of rotatable bonds is 4. The number of hydrogen-bond donors (Lipinski definition) is 1. The lowest BCUT2D eigenvalue weighted by molar-refractivity contribution is 0.725. The Hall–Kier alpha value is -1.28. The highest BCUT2D eigenvalue weighted by molar-refractivity contribution is 5.83. The van der Waals surface area contributed by atoms with E-state index in [1.165, 1.54) is 22.9 Å². The topological polar surface area (TPSA) is 17.0 Å². The normalized spacial score (nSPS) is 11.1. The molecule has 0 radical (unpaired) electrons. The minimum Gasteiger partial charge on any atom is -0.350 e. The maximum absolute atomic E-state index is 3.19. The molecule has 1 N–H and O–H groups in total. The fourth-order valence-corrected chi connectivity index (χ4v) is 2.10. The largest absolute Gasteiger partial charge is 0.350 e. The summed E-state index contributed by atoms with van der Waals surface area (Å²) >= 11 is 0. The van der Waals surface area contributed by atoms with Crippen LogP contribution in [0.1, 0.15) is 12.0 Å². The minimum absolute atomic E-state index is 1.08. The van der Waals surface area contributed by atoms with Gasteiger partial charge in [0.25, 0.3) is 0 Å². The van der Waals surface area contributed by atoms with Crippen molar-refractivity contribution < 1.29 is 0 Å². The summed E-state index contributed by atoms with van der Waals surface area (Å²) in [6.07, 6.45) is 4.48. The minimum atomic E-state index is 1.08. The maximum atomic E-state index is 3.19. The van der Waals surface area contributed by atoms with Crippen molar-refractivity contribution in [2.45, 2.75) is 12.8 Å². The number of benzene rings is 1. The van der Waals surface area contributed by atoms with Gasteiger partial charge in [0.05, 0.1) is 5.52 Å². The van der Waals surface area contributed by atoms with Crippen LogP contribution in [0, 0.1) is 0 Å². The first kappa shape index (κ1) is 10.2. The van der Waals surface area contributed by atoms with Gasteiger partial charge in [-0.3, -0.25) is 0 Å². The van der Waals surface area contributed by atoms with Gasteiger partial charge in [-0.05, 0) is 43.5 Å². The zero-order valence-corrected chi connectivity index (χ0v) is 9.46. The van der Waals surface area contributed by atoms with Crippen molar-refractivity contribution in [1.82, 2.24) is 9.88 Å². The van der Waals surface area contributed by atoms with E-state index in [0.717, 1.165) is 13.0 Å². The summed E-state index contributed by atoms with van der Waals surface area (Å²) in [6, 6.07) is 8.74. The Kier molecular flexibility index (Phi) is 3.07. The lowest BCUT2D eigenvalue weighted by Gasteiger charge is -2.05. The standard InChI is InChI=1S/C13H18N2/c1-14-9-4-7-11-5-3-6-12-8-10-15(2)13(11)12/h3,5-6,8,10,14H,4,7,9H2,1-2H3. The Morgan fingerprint density at radius 1 is 1.27 bits per heavy atom. The van der Waals surface area contributed by atoms with Crippen LogP contribution >= 0.6 is 0 Å². The van der Waals surface area contributed by atoms with Crippen LogP contribution < -0.4 is 5.32 Å². The summed E-state index contributed by atoms with van der Waals surface area (Å²) in [5.41, 5.74) is 2.84. The van der Waals surface area contributed by atoms with Gasteiger partial charge in [0.1, 0.15) is 0 Å². The summed E-state index contributed by atoms with van der Waals surface area (Å²) in [5.74, 6) is 0. The van der Waals surface area contributed by atoms with Gasteiger partial charge in [-0.2, -0.15) is 0 Å². The molecule has 15 heavy (non-hydrogen) atoms. The van der Waals surface area contributed by atoms with Gasteiger partial charge in [0, 0.05) is 13.2 Å². The fraction of sp³-hybridized carbons (Fsp3) is 0.385. The van der Waals surface area contributed by atoms with E-state index < -0.39 is 0 Å². The second-order valence-corrected chi connectivity index (χ2v) is 3.99. The third-order valence-electron chi connectivity index (χ3n) is 2.85. The Bertz CT molecular complexity index is 443. The molecule has 1 aromatic heterocycles. The average Bonchev–Trinajstić information content (AvgIpc) is 2.62. The predicted molar refractivity (Wildman–Crippen MR) is 65.2 cm³/mol. The zero-order valence-electron chi connectivity index (χ0n) is 9.46. The molecule has 1 heterocycles. The van der Waals surface area contributed by atoms with Crippen molar-refractivity contribution in [2.24, 2.45) is 7.05 Å². The zero-order chi connectivity index (χ0) is 10.7. The second kappa shape index (κ2) is 4.49. The summed E-state index contributed by atoms with van der Waals surface area (Å²) in [4.78, 5) is 0. The molecule has 0 unspecified atom stereocenters. The van der Waals surface area contributed by atoms with Gasteiger partial charge in [0.15, 0.2) is 0 Å². The molecule has 0 aliphatic rings. The van der Waals surface area contributed by atoms with Crippen LogP contribution in [-0.2, 0) is 13.5 Å². The van der Waals surface area contributed by atoms with E-state index in [4.69, 9.17) is 0 Å². The number of aromatic nitrogens is 1. The molecule has 0 saturated heterocycles. The van der Waals surface area contributed by atoms with Crippen molar-refractivity contribution in [3.8, 4) is 0 Å². The van der Waals surface area contributed by atoms with Gasteiger partial charge in [-0.25, -0.2) is 0 Å². The van der Waals surface area contributed by atoms with Crippen molar-refractivity contribution in [3.05, 3.63) is 36.0 Å². The molecule has 0 aliphatic heterocycles. The molecule has 0 saturated carbocycles. The maximum Gasteiger partial charge on any atom is 0.0510 e. The molecule has 0 spiro atoms. The van der Waals surface area contributed by atoms with E-state index in [1.807, 2.05) is 7.05 Å². The first-order valence-electron chi connectivity index (χ1n) is 5.50. The highest BCUT2D eigenvalue weighted by atomic mass is 14.9. The Morgan fingerprint density at radius 2 is 2.13 bits per heavy atom. The summed E-state index contributed by atoms with van der Waals surface area (Å²) < 4.78 is 2.21. The molecule has 80 valence electrons. The summed E-state index contributed by atoms with van der Waals surface area (Å²) in [7, 11) is 4.12. The molecule has 2 nitrogen and oxygen atoms in total. The van der Waals surface area contributed by atoms with E-state index in [9.17, 15) is 0 Å². The third-order valence-corrected chi connectivity index (χ3v) is 2.85. The molecule has 0 atom stereocenters. The molecule has 0 amide bonds. The first-order valence-corrected chi connectivity index (χ1v) is 5.50. The molecular weight excluding hydrogens is 184 g/mol. The predicted octanol–water partition coefficient (Wildman–Crippen LogP) is 2.33. The first-order chi connectivity index (χ1) is 7.33. The summed E-state index contributed by atoms with van der Waals surface area (Å²) in [5, 5.41) is 4.53. The molecule has 2 aromatic rings. The van der Waals surface area contributed by atoms with Crippen LogP contribution in [0.25, 0.3) is 10.9 Å². The molecule has 1 aromatic carbocycles. The van der Waals surface area contributed by atoms with Crippen LogP contribution in [0.15, 0.2) is 30.5 Å². The third kappa shape index (κ3) is 2.05. The van der Waals surface area contributed by atoms with E-state index >= 15 is 0 Å². The Labute approximate surface area is 90.9 Å². The number of para-hydroxylation sites is 1. The molecule has 0 bridgehead atoms. The van der Waals surface area contributed by atoms with Gasteiger partial charge >= 0.3 is 0 Å². The number of fused-ring (bicyclic) bond motifs is 1. The van der Waals surface area contributed by atoms with E-state index in [1.54, 1.807) is 0 Å². The van der Waals surface area contributed by atoms with E-state index in [0.29, 0.717) is 0 Å². The van der Waals surface area contributed by atoms with Crippen LogP contribution in [-0.4, -0.2) is 18.2 Å². The average molecular weight is 202 g/mol. The Balaban J connectivity index is 2.29. The van der Waals surface area contributed by atoms with Crippen LogP contribution in [0.2, 0.25) is 0 Å². The van der Waals surface area contributed by atoms with Crippen molar-refractivity contribution in [1.29, 1.82) is 0 Å². The van der Waals surface area contributed by atoms with Crippen molar-refractivity contribution >= 4 is 10.9 Å². The van der Waals surface area contributed by atoms with Gasteiger partial charge in [0.2, 0.25) is 0 Å². The highest BCUT2D eigenvalue weighted by Crippen LogP contribution is 2.20. The molecule has 2 heteroatoms. The van der Waals surface area contributed by atoms with Crippen molar-refractivity contribution in [2.75, 3.05) is 13.6 Å². The number of hydrogen-bond acceptors (Lipinski definition) is 1. The molecular formula is C13H18N2. The Morgan fingerprint density at radius 3 is 2.93 bits per heavy atom. The lowest BCUT2D eigenvalue weighted by Crippen LogP contribution is -2.08. The van der Waals surface area contributed by atoms with Crippen LogP contribution in [0.5, 0.6) is 0 Å². The molecule has 0 fully saturated rings.